The van der Waals surface area contributed by atoms with Crippen LogP contribution in [-0.4, -0.2) is 4.57 Å². The van der Waals surface area contributed by atoms with Crippen LogP contribution >= 0.6 is 45.2 Å². The normalized spacial score (nSPS) is 11.6. The Hall–Kier alpha value is -0.300. The predicted molar refractivity (Wildman–Crippen MR) is 127 cm³/mol. The van der Waals surface area contributed by atoms with Crippen molar-refractivity contribution in [3.63, 3.8) is 0 Å². The van der Waals surface area contributed by atoms with Crippen LogP contribution < -0.4 is 0 Å². The molecule has 1 nitrogen and oxygen atoms in total. The molecule has 0 aliphatic carbocycles. The summed E-state index contributed by atoms with van der Waals surface area (Å²) in [5, 5.41) is 2.81. The maximum absolute atomic E-state index is 2.54. The minimum Gasteiger partial charge on any atom is -0.340 e. The van der Waals surface area contributed by atoms with Gasteiger partial charge in [0, 0.05) is 35.5 Å². The van der Waals surface area contributed by atoms with Crippen LogP contribution in [0.3, 0.4) is 0 Å². The summed E-state index contributed by atoms with van der Waals surface area (Å²) in [6.07, 6.45) is 11.0. The number of hydrogen-bond donors (Lipinski definition) is 0. The van der Waals surface area contributed by atoms with Gasteiger partial charge in [-0.1, -0.05) is 51.9 Å². The first-order valence-corrected chi connectivity index (χ1v) is 11.7. The second-order valence-corrected chi connectivity index (χ2v) is 9.44. The molecule has 3 aromatic rings. The zero-order chi connectivity index (χ0) is 17.6. The lowest BCUT2D eigenvalue weighted by Crippen LogP contribution is -1.97. The largest absolute Gasteiger partial charge is 0.340 e. The molecule has 2 aromatic carbocycles. The van der Waals surface area contributed by atoms with Crippen molar-refractivity contribution in [2.45, 2.75) is 64.8 Å². The fourth-order valence-corrected chi connectivity index (χ4v) is 4.68. The number of aromatic nitrogens is 1. The Balaban J connectivity index is 1.70. The van der Waals surface area contributed by atoms with Crippen molar-refractivity contribution in [2.24, 2.45) is 0 Å². The third kappa shape index (κ3) is 4.90. The van der Waals surface area contributed by atoms with Crippen molar-refractivity contribution in [2.75, 3.05) is 0 Å². The Morgan fingerprint density at radius 1 is 0.680 bits per heavy atom. The summed E-state index contributed by atoms with van der Waals surface area (Å²) in [6.45, 7) is 3.42. The molecule has 0 saturated heterocycles. The van der Waals surface area contributed by atoms with Gasteiger partial charge in [0.15, 0.2) is 0 Å². The number of aryl methyl sites for hydroxylation is 1. The topological polar surface area (TPSA) is 4.93 Å². The van der Waals surface area contributed by atoms with Crippen LogP contribution in [0.1, 0.15) is 58.3 Å². The van der Waals surface area contributed by atoms with E-state index in [1.807, 2.05) is 0 Å². The molecule has 3 rings (SSSR count). The van der Waals surface area contributed by atoms with Crippen molar-refractivity contribution in [3.05, 3.63) is 43.5 Å². The summed E-state index contributed by atoms with van der Waals surface area (Å²) >= 11 is 4.84. The molecule has 0 aliphatic rings. The molecule has 0 bridgehead atoms. The second-order valence-electron chi connectivity index (χ2n) is 6.95. The third-order valence-electron chi connectivity index (χ3n) is 5.02. The van der Waals surface area contributed by atoms with Gasteiger partial charge in [0.05, 0.1) is 0 Å². The van der Waals surface area contributed by atoms with Crippen molar-refractivity contribution in [3.8, 4) is 0 Å². The van der Waals surface area contributed by atoms with E-state index >= 15 is 0 Å². The van der Waals surface area contributed by atoms with E-state index in [-0.39, 0.29) is 0 Å². The van der Waals surface area contributed by atoms with Gasteiger partial charge < -0.3 is 4.57 Å². The van der Waals surface area contributed by atoms with Crippen LogP contribution in [0.15, 0.2) is 36.4 Å². The molecule has 25 heavy (non-hydrogen) atoms. The molecule has 0 aliphatic heterocycles. The van der Waals surface area contributed by atoms with E-state index in [9.17, 15) is 0 Å². The average Bonchev–Trinajstić information content (AvgIpc) is 2.90. The van der Waals surface area contributed by atoms with Crippen LogP contribution in [0, 0.1) is 7.14 Å². The minimum absolute atomic E-state index is 1.14. The fourth-order valence-electron chi connectivity index (χ4n) is 3.69. The number of rotatable bonds is 9. The van der Waals surface area contributed by atoms with E-state index in [1.165, 1.54) is 80.3 Å². The summed E-state index contributed by atoms with van der Waals surface area (Å²) in [6, 6.07) is 13.7. The molecule has 0 unspecified atom stereocenters. The molecular weight excluding hydrogens is 532 g/mol. The van der Waals surface area contributed by atoms with Crippen LogP contribution in [0.2, 0.25) is 0 Å². The second kappa shape index (κ2) is 9.58. The molecule has 0 radical (unpaired) electrons. The molecule has 0 saturated carbocycles. The number of nitrogens with zero attached hydrogens (tertiary/aromatic N) is 1. The first-order chi connectivity index (χ1) is 12.2. The molecule has 3 heteroatoms. The van der Waals surface area contributed by atoms with Gasteiger partial charge in [0.2, 0.25) is 0 Å². The molecule has 0 atom stereocenters. The molecule has 0 amide bonds. The lowest BCUT2D eigenvalue weighted by atomic mass is 10.1. The van der Waals surface area contributed by atoms with Crippen molar-refractivity contribution < 1.29 is 0 Å². The summed E-state index contributed by atoms with van der Waals surface area (Å²) in [7, 11) is 0. The Bertz CT molecular complexity index is 776. The van der Waals surface area contributed by atoms with E-state index in [1.54, 1.807) is 0 Å². The first-order valence-electron chi connectivity index (χ1n) is 9.57. The van der Waals surface area contributed by atoms with E-state index in [2.05, 4.69) is 93.1 Å². The van der Waals surface area contributed by atoms with Gasteiger partial charge in [-0.25, -0.2) is 0 Å². The lowest BCUT2D eigenvalue weighted by Gasteiger charge is -2.08. The van der Waals surface area contributed by atoms with Crippen LogP contribution in [-0.2, 0) is 6.54 Å². The first kappa shape index (κ1) is 19.5. The molecule has 1 heterocycles. The standard InChI is InChI=1S/C22H27I2N/c1-2-3-4-5-6-7-8-9-14-25-21-12-10-17(23)15-19(21)20-16-18(24)11-13-22(20)25/h10-13,15-16H,2-9,14H2,1H3. The van der Waals surface area contributed by atoms with Crippen LogP contribution in [0.4, 0.5) is 0 Å². The highest BCUT2D eigenvalue weighted by atomic mass is 127. The Morgan fingerprint density at radius 2 is 1.16 bits per heavy atom. The molecule has 0 fully saturated rings. The van der Waals surface area contributed by atoms with E-state index in [0.29, 0.717) is 0 Å². The highest BCUT2D eigenvalue weighted by molar-refractivity contribution is 14.1. The monoisotopic (exact) mass is 559 g/mol. The highest BCUT2D eigenvalue weighted by Gasteiger charge is 2.11. The number of unbranched alkanes of at least 4 members (excludes halogenated alkanes) is 7. The van der Waals surface area contributed by atoms with Crippen LogP contribution in [0.5, 0.6) is 0 Å². The van der Waals surface area contributed by atoms with E-state index < -0.39 is 0 Å². The van der Waals surface area contributed by atoms with Gasteiger partial charge in [0.25, 0.3) is 0 Å². The zero-order valence-corrected chi connectivity index (χ0v) is 19.3. The Labute approximate surface area is 178 Å². The maximum atomic E-state index is 2.54. The Kier molecular flexibility index (Phi) is 7.46. The number of hydrogen-bond acceptors (Lipinski definition) is 0. The maximum Gasteiger partial charge on any atom is 0.0492 e. The molecular formula is C22H27I2N. The predicted octanol–water partition coefficient (Wildman–Crippen LogP) is 8.14. The minimum atomic E-state index is 1.14. The van der Waals surface area contributed by atoms with Crippen molar-refractivity contribution in [1.29, 1.82) is 0 Å². The quantitative estimate of drug-likeness (QED) is 0.184. The van der Waals surface area contributed by atoms with E-state index in [0.717, 1.165) is 6.54 Å². The number of benzene rings is 2. The summed E-state index contributed by atoms with van der Waals surface area (Å²) in [5.41, 5.74) is 2.78. The van der Waals surface area contributed by atoms with Gasteiger partial charge in [0.1, 0.15) is 0 Å². The van der Waals surface area contributed by atoms with Gasteiger partial charge in [-0.05, 0) is 88.0 Å². The van der Waals surface area contributed by atoms with Gasteiger partial charge in [-0.15, -0.1) is 0 Å². The Morgan fingerprint density at radius 3 is 1.68 bits per heavy atom. The van der Waals surface area contributed by atoms with Gasteiger partial charge in [-0.2, -0.15) is 0 Å². The van der Waals surface area contributed by atoms with Crippen molar-refractivity contribution in [1.82, 2.24) is 4.57 Å². The number of fused-ring (bicyclic) bond motifs is 3. The SMILES string of the molecule is CCCCCCCCCCn1c2ccc(I)cc2c2cc(I)ccc21. The summed E-state index contributed by atoms with van der Waals surface area (Å²) < 4.78 is 5.17. The van der Waals surface area contributed by atoms with E-state index in [4.69, 9.17) is 0 Å². The highest BCUT2D eigenvalue weighted by Crippen LogP contribution is 2.31. The summed E-state index contributed by atoms with van der Waals surface area (Å²) in [4.78, 5) is 0. The zero-order valence-electron chi connectivity index (χ0n) is 15.0. The third-order valence-corrected chi connectivity index (χ3v) is 6.37. The van der Waals surface area contributed by atoms with Gasteiger partial charge in [-0.3, -0.25) is 0 Å². The molecule has 134 valence electrons. The molecule has 0 N–H and O–H groups in total. The lowest BCUT2D eigenvalue weighted by molar-refractivity contribution is 0.553. The van der Waals surface area contributed by atoms with Gasteiger partial charge >= 0.3 is 0 Å². The average molecular weight is 559 g/mol. The summed E-state index contributed by atoms with van der Waals surface area (Å²) in [5.74, 6) is 0. The molecule has 1 aromatic heterocycles. The van der Waals surface area contributed by atoms with Crippen molar-refractivity contribution >= 4 is 67.0 Å². The smallest absolute Gasteiger partial charge is 0.0492 e. The fraction of sp³-hybridized carbons (Fsp3) is 0.455. The number of halogens is 2. The molecule has 0 spiro atoms. The van der Waals surface area contributed by atoms with Crippen LogP contribution in [0.25, 0.3) is 21.8 Å².